The zero-order valence-electron chi connectivity index (χ0n) is 10.1. The minimum atomic E-state index is -0.140. The Bertz CT molecular complexity index is 452. The van der Waals surface area contributed by atoms with Gasteiger partial charge in [0, 0.05) is 26.6 Å². The van der Waals surface area contributed by atoms with Crippen molar-refractivity contribution in [3.8, 4) is 0 Å². The van der Waals surface area contributed by atoms with Gasteiger partial charge in [0.15, 0.2) is 0 Å². The van der Waals surface area contributed by atoms with E-state index in [1.807, 2.05) is 11.5 Å². The van der Waals surface area contributed by atoms with E-state index < -0.39 is 0 Å². The summed E-state index contributed by atoms with van der Waals surface area (Å²) in [4.78, 5) is 29.1. The molecule has 0 spiro atoms. The first-order chi connectivity index (χ1) is 8.17. The molecule has 2 heterocycles. The molecule has 2 amide bonds. The van der Waals surface area contributed by atoms with Gasteiger partial charge in [-0.25, -0.2) is 4.98 Å². The van der Waals surface area contributed by atoms with Gasteiger partial charge in [-0.2, -0.15) is 0 Å². The predicted octanol–water partition coefficient (Wildman–Crippen LogP) is -0.00510. The van der Waals surface area contributed by atoms with E-state index in [1.165, 1.54) is 0 Å². The van der Waals surface area contributed by atoms with Crippen molar-refractivity contribution in [2.45, 2.75) is 26.4 Å². The number of nitrogens with zero attached hydrogens (tertiary/aromatic N) is 3. The van der Waals surface area contributed by atoms with Gasteiger partial charge in [-0.1, -0.05) is 6.92 Å². The average molecular weight is 236 g/mol. The molecule has 0 fully saturated rings. The van der Waals surface area contributed by atoms with Crippen LogP contribution >= 0.6 is 0 Å². The van der Waals surface area contributed by atoms with Crippen LogP contribution in [-0.4, -0.2) is 39.9 Å². The van der Waals surface area contributed by atoms with Crippen molar-refractivity contribution in [2.24, 2.45) is 0 Å². The quantitative estimate of drug-likeness (QED) is 0.785. The second-order valence-corrected chi connectivity index (χ2v) is 3.96. The first-order valence-corrected chi connectivity index (χ1v) is 5.71. The van der Waals surface area contributed by atoms with Crippen LogP contribution in [0.3, 0.4) is 0 Å². The van der Waals surface area contributed by atoms with Crippen molar-refractivity contribution in [3.63, 3.8) is 0 Å². The van der Waals surface area contributed by atoms with Crippen molar-refractivity contribution in [3.05, 3.63) is 17.7 Å². The van der Waals surface area contributed by atoms with Gasteiger partial charge in [-0.3, -0.25) is 9.59 Å². The van der Waals surface area contributed by atoms with Gasteiger partial charge in [0.25, 0.3) is 5.91 Å². The molecule has 1 N–H and O–H groups in total. The van der Waals surface area contributed by atoms with E-state index in [4.69, 9.17) is 0 Å². The molecule has 1 aliphatic heterocycles. The van der Waals surface area contributed by atoms with Crippen LogP contribution < -0.4 is 5.32 Å². The van der Waals surface area contributed by atoms with Gasteiger partial charge in [0.05, 0.1) is 12.7 Å². The molecular formula is C11H16N4O2. The van der Waals surface area contributed by atoms with Crippen LogP contribution in [0.1, 0.15) is 29.7 Å². The first kappa shape index (κ1) is 11.6. The number of aromatic nitrogens is 2. The highest BCUT2D eigenvalue weighted by atomic mass is 16.2. The molecular weight excluding hydrogens is 220 g/mol. The second-order valence-electron chi connectivity index (χ2n) is 3.96. The highest BCUT2D eigenvalue weighted by Gasteiger charge is 2.24. The largest absolute Gasteiger partial charge is 0.354 e. The van der Waals surface area contributed by atoms with E-state index in [0.717, 1.165) is 5.82 Å². The summed E-state index contributed by atoms with van der Waals surface area (Å²) in [5.74, 6) is 0.761. The number of rotatable bonds is 2. The lowest BCUT2D eigenvalue weighted by Crippen LogP contribution is -2.39. The Balaban J connectivity index is 2.21. The van der Waals surface area contributed by atoms with Gasteiger partial charge in [0.2, 0.25) is 5.91 Å². The average Bonchev–Trinajstić information content (AvgIpc) is 2.79. The Morgan fingerprint density at radius 2 is 2.24 bits per heavy atom. The molecule has 0 unspecified atom stereocenters. The normalized spacial score (nSPS) is 14.4. The lowest BCUT2D eigenvalue weighted by molar-refractivity contribution is -0.132. The smallest absolute Gasteiger partial charge is 0.269 e. The molecule has 1 aromatic rings. The number of carbonyl (C=O) groups excluding carboxylic acids is 2. The van der Waals surface area contributed by atoms with Gasteiger partial charge in [-0.05, 0) is 0 Å². The Morgan fingerprint density at radius 1 is 1.47 bits per heavy atom. The fourth-order valence-electron chi connectivity index (χ4n) is 2.01. The van der Waals surface area contributed by atoms with Crippen LogP contribution in [-0.2, 0) is 17.9 Å². The van der Waals surface area contributed by atoms with Crippen LogP contribution in [0.2, 0.25) is 0 Å². The fourth-order valence-corrected chi connectivity index (χ4v) is 2.01. The van der Waals surface area contributed by atoms with Crippen molar-refractivity contribution in [1.82, 2.24) is 19.8 Å². The maximum Gasteiger partial charge on any atom is 0.269 e. The number of nitrogens with one attached hydrogen (secondary N) is 1. The van der Waals surface area contributed by atoms with E-state index in [2.05, 4.69) is 10.3 Å². The minimum absolute atomic E-state index is 0.126. The van der Waals surface area contributed by atoms with E-state index in [0.29, 0.717) is 31.7 Å². The Hall–Kier alpha value is -1.85. The summed E-state index contributed by atoms with van der Waals surface area (Å²) < 4.78 is 1.87. The van der Waals surface area contributed by atoms with Crippen LogP contribution in [0.25, 0.3) is 0 Å². The van der Waals surface area contributed by atoms with E-state index in [1.54, 1.807) is 18.1 Å². The van der Waals surface area contributed by atoms with E-state index in [-0.39, 0.29) is 11.8 Å². The molecule has 0 bridgehead atoms. The first-order valence-electron chi connectivity index (χ1n) is 5.71. The topological polar surface area (TPSA) is 67.2 Å². The van der Waals surface area contributed by atoms with Crippen LogP contribution in [0.4, 0.5) is 0 Å². The minimum Gasteiger partial charge on any atom is -0.354 e. The summed E-state index contributed by atoms with van der Waals surface area (Å²) in [6.07, 6.45) is 2.07. The third kappa shape index (κ3) is 2.02. The summed E-state index contributed by atoms with van der Waals surface area (Å²) in [6, 6.07) is 0. The van der Waals surface area contributed by atoms with Gasteiger partial charge in [-0.15, -0.1) is 0 Å². The Morgan fingerprint density at radius 3 is 2.88 bits per heavy atom. The SMILES string of the molecule is CCC(=O)N1CCn2c(C(=O)NC)cnc2C1. The number of carbonyl (C=O) groups is 2. The van der Waals surface area contributed by atoms with Crippen LogP contribution in [0.5, 0.6) is 0 Å². The molecule has 0 radical (unpaired) electrons. The van der Waals surface area contributed by atoms with Crippen LogP contribution in [0.15, 0.2) is 6.20 Å². The molecule has 0 atom stereocenters. The predicted molar refractivity (Wildman–Crippen MR) is 61.3 cm³/mol. The highest BCUT2D eigenvalue weighted by Crippen LogP contribution is 2.14. The molecule has 0 saturated heterocycles. The Kier molecular flexibility index (Phi) is 3.12. The molecule has 0 aromatic carbocycles. The zero-order valence-corrected chi connectivity index (χ0v) is 10.1. The fraction of sp³-hybridized carbons (Fsp3) is 0.545. The zero-order chi connectivity index (χ0) is 12.4. The molecule has 6 nitrogen and oxygen atoms in total. The van der Waals surface area contributed by atoms with Crippen molar-refractivity contribution in [2.75, 3.05) is 13.6 Å². The molecule has 1 aliphatic rings. The van der Waals surface area contributed by atoms with Crippen molar-refractivity contribution < 1.29 is 9.59 Å². The second kappa shape index (κ2) is 4.57. The third-order valence-electron chi connectivity index (χ3n) is 2.98. The number of imidazole rings is 1. The molecule has 17 heavy (non-hydrogen) atoms. The molecule has 1 aromatic heterocycles. The van der Waals surface area contributed by atoms with Crippen molar-refractivity contribution in [1.29, 1.82) is 0 Å². The summed E-state index contributed by atoms with van der Waals surface area (Å²) >= 11 is 0. The van der Waals surface area contributed by atoms with Gasteiger partial charge in [0.1, 0.15) is 11.5 Å². The maximum absolute atomic E-state index is 11.6. The maximum atomic E-state index is 11.6. The standard InChI is InChI=1S/C11H16N4O2/c1-3-10(16)14-4-5-15-8(11(17)12-2)6-13-9(15)7-14/h6H,3-5,7H2,1-2H3,(H,12,17). The van der Waals surface area contributed by atoms with E-state index in [9.17, 15) is 9.59 Å². The summed E-state index contributed by atoms with van der Waals surface area (Å²) in [7, 11) is 1.60. The summed E-state index contributed by atoms with van der Waals surface area (Å²) in [5.41, 5.74) is 0.561. The van der Waals surface area contributed by atoms with E-state index >= 15 is 0 Å². The third-order valence-corrected chi connectivity index (χ3v) is 2.98. The summed E-state index contributed by atoms with van der Waals surface area (Å²) in [6.45, 7) is 3.60. The molecule has 0 aliphatic carbocycles. The highest BCUT2D eigenvalue weighted by molar-refractivity contribution is 5.92. The number of hydrogen-bond acceptors (Lipinski definition) is 3. The molecule has 0 saturated carbocycles. The number of fused-ring (bicyclic) bond motifs is 1. The van der Waals surface area contributed by atoms with Crippen LogP contribution in [0, 0.1) is 0 Å². The molecule has 92 valence electrons. The molecule has 6 heteroatoms. The van der Waals surface area contributed by atoms with Gasteiger partial charge >= 0.3 is 0 Å². The Labute approximate surface area is 99.6 Å². The summed E-state index contributed by atoms with van der Waals surface area (Å²) in [5, 5.41) is 2.58. The monoisotopic (exact) mass is 236 g/mol. The molecule has 2 rings (SSSR count). The van der Waals surface area contributed by atoms with Crippen molar-refractivity contribution >= 4 is 11.8 Å². The lowest BCUT2D eigenvalue weighted by atomic mass is 10.3. The number of hydrogen-bond donors (Lipinski definition) is 1. The van der Waals surface area contributed by atoms with Gasteiger partial charge < -0.3 is 14.8 Å². The lowest BCUT2D eigenvalue weighted by Gasteiger charge is -2.28. The number of amides is 2.